The zero-order valence-electron chi connectivity index (χ0n) is 8.38. The lowest BCUT2D eigenvalue weighted by Crippen LogP contribution is -1.97. The Kier molecular flexibility index (Phi) is 2.74. The summed E-state index contributed by atoms with van der Waals surface area (Å²) in [5.41, 5.74) is 0.783. The maximum Gasteiger partial charge on any atom is 0.137 e. The van der Waals surface area contributed by atoms with Gasteiger partial charge in [0.1, 0.15) is 17.6 Å². The fourth-order valence-electron chi connectivity index (χ4n) is 1.40. The highest BCUT2D eigenvalue weighted by Crippen LogP contribution is 2.23. The van der Waals surface area contributed by atoms with Gasteiger partial charge in [-0.25, -0.2) is 0 Å². The van der Waals surface area contributed by atoms with E-state index < -0.39 is 6.10 Å². The number of methoxy groups -OCH3 is 1. The lowest BCUT2D eigenvalue weighted by atomic mass is 10.1. The second-order valence-corrected chi connectivity index (χ2v) is 3.19. The maximum atomic E-state index is 9.91. The summed E-state index contributed by atoms with van der Waals surface area (Å²) < 4.78 is 10.2. The molecule has 0 aliphatic carbocycles. The molecule has 0 amide bonds. The zero-order valence-corrected chi connectivity index (χ0v) is 8.38. The number of hydrogen-bond acceptors (Lipinski definition) is 3. The second-order valence-electron chi connectivity index (χ2n) is 3.19. The first-order chi connectivity index (χ1) is 7.31. The van der Waals surface area contributed by atoms with Crippen molar-refractivity contribution in [3.8, 4) is 5.75 Å². The summed E-state index contributed by atoms with van der Waals surface area (Å²) in [6, 6.07) is 10.7. The van der Waals surface area contributed by atoms with E-state index in [9.17, 15) is 5.11 Å². The van der Waals surface area contributed by atoms with E-state index in [0.717, 1.165) is 11.3 Å². The van der Waals surface area contributed by atoms with Crippen LogP contribution in [-0.4, -0.2) is 12.2 Å². The van der Waals surface area contributed by atoms with Crippen molar-refractivity contribution in [2.75, 3.05) is 7.11 Å². The molecular weight excluding hydrogens is 192 g/mol. The third-order valence-electron chi connectivity index (χ3n) is 2.24. The van der Waals surface area contributed by atoms with Crippen molar-refractivity contribution in [2.24, 2.45) is 0 Å². The number of aliphatic hydroxyl groups is 1. The summed E-state index contributed by atoms with van der Waals surface area (Å²) >= 11 is 0. The van der Waals surface area contributed by atoms with Crippen LogP contribution in [0.5, 0.6) is 5.75 Å². The molecule has 0 radical (unpaired) electrons. The molecule has 78 valence electrons. The van der Waals surface area contributed by atoms with E-state index in [1.54, 1.807) is 25.5 Å². The van der Waals surface area contributed by atoms with E-state index in [1.807, 2.05) is 24.3 Å². The molecule has 0 aliphatic rings. The molecule has 3 nitrogen and oxygen atoms in total. The van der Waals surface area contributed by atoms with Crippen LogP contribution in [0, 0.1) is 0 Å². The van der Waals surface area contributed by atoms with Crippen molar-refractivity contribution in [3.63, 3.8) is 0 Å². The highest BCUT2D eigenvalue weighted by atomic mass is 16.5. The summed E-state index contributed by atoms with van der Waals surface area (Å²) in [4.78, 5) is 0. The Balaban J connectivity index is 2.22. The van der Waals surface area contributed by atoms with Crippen molar-refractivity contribution in [3.05, 3.63) is 54.0 Å². The van der Waals surface area contributed by atoms with Crippen molar-refractivity contribution < 1.29 is 14.3 Å². The van der Waals surface area contributed by atoms with Crippen LogP contribution in [0.3, 0.4) is 0 Å². The van der Waals surface area contributed by atoms with Gasteiger partial charge in [-0.05, 0) is 29.8 Å². The van der Waals surface area contributed by atoms with Crippen LogP contribution >= 0.6 is 0 Å². The smallest absolute Gasteiger partial charge is 0.137 e. The lowest BCUT2D eigenvalue weighted by Gasteiger charge is -2.08. The first-order valence-corrected chi connectivity index (χ1v) is 4.66. The third kappa shape index (κ3) is 2.02. The third-order valence-corrected chi connectivity index (χ3v) is 2.24. The van der Waals surface area contributed by atoms with Crippen molar-refractivity contribution in [1.82, 2.24) is 0 Å². The molecule has 0 aliphatic heterocycles. The number of aliphatic hydroxyl groups excluding tert-OH is 1. The molecule has 1 N–H and O–H groups in total. The Bertz CT molecular complexity index is 403. The molecule has 2 rings (SSSR count). The van der Waals surface area contributed by atoms with Crippen LogP contribution in [0.25, 0.3) is 0 Å². The van der Waals surface area contributed by atoms with Crippen molar-refractivity contribution in [2.45, 2.75) is 6.10 Å². The average Bonchev–Trinajstić information content (AvgIpc) is 2.82. The summed E-state index contributed by atoms with van der Waals surface area (Å²) in [7, 11) is 1.61. The van der Waals surface area contributed by atoms with Crippen LogP contribution in [0.1, 0.15) is 17.4 Å². The summed E-state index contributed by atoms with van der Waals surface area (Å²) in [5.74, 6) is 1.31. The quantitative estimate of drug-likeness (QED) is 0.834. The first kappa shape index (κ1) is 9.80. The number of rotatable bonds is 3. The van der Waals surface area contributed by atoms with E-state index >= 15 is 0 Å². The summed E-state index contributed by atoms with van der Waals surface area (Å²) in [6.07, 6.45) is 0.827. The Labute approximate surface area is 87.9 Å². The predicted octanol–water partition coefficient (Wildman–Crippen LogP) is 2.37. The predicted molar refractivity (Wildman–Crippen MR) is 55.8 cm³/mol. The largest absolute Gasteiger partial charge is 0.497 e. The highest BCUT2D eigenvalue weighted by Gasteiger charge is 2.12. The van der Waals surface area contributed by atoms with Crippen LogP contribution in [0.15, 0.2) is 47.1 Å². The monoisotopic (exact) mass is 204 g/mol. The normalized spacial score (nSPS) is 12.4. The van der Waals surface area contributed by atoms with Crippen LogP contribution in [0.4, 0.5) is 0 Å². The second kappa shape index (κ2) is 4.19. The molecule has 3 heteroatoms. The number of benzene rings is 1. The van der Waals surface area contributed by atoms with Crippen LogP contribution in [0.2, 0.25) is 0 Å². The van der Waals surface area contributed by atoms with Gasteiger partial charge in [-0.3, -0.25) is 0 Å². The van der Waals surface area contributed by atoms with Gasteiger partial charge >= 0.3 is 0 Å². The number of furan rings is 1. The molecule has 1 aromatic carbocycles. The molecular formula is C12H12O3. The highest BCUT2D eigenvalue weighted by molar-refractivity contribution is 5.31. The maximum absolute atomic E-state index is 9.91. The molecule has 0 saturated heterocycles. The summed E-state index contributed by atoms with van der Waals surface area (Å²) in [5, 5.41) is 9.91. The molecule has 0 bridgehead atoms. The minimum atomic E-state index is -0.717. The molecule has 0 spiro atoms. The fourth-order valence-corrected chi connectivity index (χ4v) is 1.40. The minimum Gasteiger partial charge on any atom is -0.497 e. The molecule has 0 fully saturated rings. The number of ether oxygens (including phenoxy) is 1. The van der Waals surface area contributed by atoms with Gasteiger partial charge in [0.15, 0.2) is 0 Å². The van der Waals surface area contributed by atoms with E-state index in [1.165, 1.54) is 0 Å². The number of hydrogen-bond donors (Lipinski definition) is 1. The van der Waals surface area contributed by atoms with E-state index in [2.05, 4.69) is 0 Å². The minimum absolute atomic E-state index is 0.542. The summed E-state index contributed by atoms with van der Waals surface area (Å²) in [6.45, 7) is 0. The fraction of sp³-hybridized carbons (Fsp3) is 0.167. The zero-order chi connectivity index (χ0) is 10.7. The SMILES string of the molecule is COc1ccc([C@H](O)c2ccco2)cc1. The molecule has 1 aromatic heterocycles. The first-order valence-electron chi connectivity index (χ1n) is 4.66. The molecule has 0 saturated carbocycles. The van der Waals surface area contributed by atoms with Gasteiger partial charge in [-0.15, -0.1) is 0 Å². The molecule has 2 aromatic rings. The van der Waals surface area contributed by atoms with Gasteiger partial charge in [0, 0.05) is 0 Å². The molecule has 1 heterocycles. The van der Waals surface area contributed by atoms with E-state index in [-0.39, 0.29) is 0 Å². The van der Waals surface area contributed by atoms with Gasteiger partial charge in [0.25, 0.3) is 0 Å². The Morgan fingerprint density at radius 1 is 1.20 bits per heavy atom. The van der Waals surface area contributed by atoms with Crippen LogP contribution in [-0.2, 0) is 0 Å². The van der Waals surface area contributed by atoms with E-state index in [4.69, 9.17) is 9.15 Å². The van der Waals surface area contributed by atoms with Gasteiger partial charge in [0.2, 0.25) is 0 Å². The van der Waals surface area contributed by atoms with Gasteiger partial charge in [-0.2, -0.15) is 0 Å². The van der Waals surface area contributed by atoms with E-state index in [0.29, 0.717) is 5.76 Å². The van der Waals surface area contributed by atoms with Gasteiger partial charge < -0.3 is 14.3 Å². The lowest BCUT2D eigenvalue weighted by molar-refractivity contribution is 0.189. The topological polar surface area (TPSA) is 42.6 Å². The Morgan fingerprint density at radius 3 is 2.47 bits per heavy atom. The standard InChI is InChI=1S/C12H12O3/c1-14-10-6-4-9(5-7-10)12(13)11-3-2-8-15-11/h2-8,12-13H,1H3/t12-/m0/s1. The average molecular weight is 204 g/mol. The van der Waals surface area contributed by atoms with Crippen LogP contribution < -0.4 is 4.74 Å². The van der Waals surface area contributed by atoms with Crippen molar-refractivity contribution in [1.29, 1.82) is 0 Å². The Morgan fingerprint density at radius 2 is 1.93 bits per heavy atom. The van der Waals surface area contributed by atoms with Gasteiger partial charge in [-0.1, -0.05) is 12.1 Å². The Hall–Kier alpha value is -1.74. The molecule has 15 heavy (non-hydrogen) atoms. The van der Waals surface area contributed by atoms with Gasteiger partial charge in [0.05, 0.1) is 13.4 Å². The van der Waals surface area contributed by atoms with Crippen molar-refractivity contribution >= 4 is 0 Å². The molecule has 1 atom stereocenters. The molecule has 0 unspecified atom stereocenters.